The van der Waals surface area contributed by atoms with Crippen molar-refractivity contribution >= 4 is 11.4 Å². The molecule has 0 amide bonds. The average Bonchev–Trinajstić information content (AvgIpc) is 2.80. The Bertz CT molecular complexity index is 928. The maximum atomic E-state index is 12.8. The van der Waals surface area contributed by atoms with Crippen LogP contribution >= 0.6 is 0 Å². The lowest BCUT2D eigenvalue weighted by molar-refractivity contribution is 0.630. The first kappa shape index (κ1) is 14.7. The summed E-state index contributed by atoms with van der Waals surface area (Å²) in [6.07, 6.45) is 0. The highest BCUT2D eigenvalue weighted by Gasteiger charge is 2.15. The highest BCUT2D eigenvalue weighted by atomic mass is 16.1. The molecule has 0 saturated heterocycles. The van der Waals surface area contributed by atoms with E-state index in [1.807, 2.05) is 49.0 Å². The van der Waals surface area contributed by atoms with Crippen LogP contribution in [0, 0.1) is 18.3 Å². The van der Waals surface area contributed by atoms with Crippen LogP contribution in [0.25, 0.3) is 5.69 Å². The zero-order valence-electron chi connectivity index (χ0n) is 12.9. The standard InChI is InChI=1S/C18H16N4O/c1-13-17(20-15-10-8-14(12-19)9-11-15)18(23)22(21(13)2)16-6-4-3-5-7-16/h3-11,20H,1-2H3. The molecule has 114 valence electrons. The van der Waals surface area contributed by atoms with Gasteiger partial charge in [0.1, 0.15) is 5.69 Å². The molecule has 0 bridgehead atoms. The number of para-hydroxylation sites is 1. The molecular weight excluding hydrogens is 288 g/mol. The second kappa shape index (κ2) is 5.85. The van der Waals surface area contributed by atoms with Crippen molar-refractivity contribution in [3.63, 3.8) is 0 Å². The molecule has 1 heterocycles. The maximum absolute atomic E-state index is 12.8. The molecule has 0 atom stereocenters. The molecule has 0 fully saturated rings. The lowest BCUT2D eigenvalue weighted by Crippen LogP contribution is -2.20. The number of nitrogens with one attached hydrogen (secondary N) is 1. The fourth-order valence-electron chi connectivity index (χ4n) is 2.48. The molecule has 1 aromatic heterocycles. The van der Waals surface area contributed by atoms with Gasteiger partial charge in [0.2, 0.25) is 0 Å². The van der Waals surface area contributed by atoms with E-state index in [0.717, 1.165) is 17.1 Å². The van der Waals surface area contributed by atoms with Gasteiger partial charge in [0.15, 0.2) is 0 Å². The number of anilines is 2. The first-order valence-electron chi connectivity index (χ1n) is 7.23. The summed E-state index contributed by atoms with van der Waals surface area (Å²) in [6, 6.07) is 18.6. The van der Waals surface area contributed by atoms with Crippen molar-refractivity contribution < 1.29 is 0 Å². The van der Waals surface area contributed by atoms with Crippen LogP contribution in [0.5, 0.6) is 0 Å². The van der Waals surface area contributed by atoms with Gasteiger partial charge in [0.25, 0.3) is 5.56 Å². The lowest BCUT2D eigenvalue weighted by Gasteiger charge is -2.07. The Morgan fingerprint density at radius 1 is 1.04 bits per heavy atom. The minimum Gasteiger partial charge on any atom is -0.349 e. The smallest absolute Gasteiger partial charge is 0.295 e. The SMILES string of the molecule is Cc1c(Nc2ccc(C#N)cc2)c(=O)n(-c2ccccc2)n1C. The number of benzene rings is 2. The van der Waals surface area contributed by atoms with E-state index in [-0.39, 0.29) is 5.56 Å². The van der Waals surface area contributed by atoms with Gasteiger partial charge < -0.3 is 5.32 Å². The topological polar surface area (TPSA) is 62.8 Å². The van der Waals surface area contributed by atoms with Crippen molar-refractivity contribution in [3.05, 3.63) is 76.2 Å². The van der Waals surface area contributed by atoms with Crippen molar-refractivity contribution in [2.24, 2.45) is 7.05 Å². The van der Waals surface area contributed by atoms with Gasteiger partial charge in [-0.1, -0.05) is 18.2 Å². The van der Waals surface area contributed by atoms with Gasteiger partial charge in [0.05, 0.1) is 23.0 Å². The van der Waals surface area contributed by atoms with Crippen molar-refractivity contribution in [3.8, 4) is 11.8 Å². The van der Waals surface area contributed by atoms with E-state index in [4.69, 9.17) is 5.26 Å². The predicted octanol–water partition coefficient (Wildman–Crippen LogP) is 3.10. The molecule has 0 aliphatic carbocycles. The summed E-state index contributed by atoms with van der Waals surface area (Å²) < 4.78 is 3.45. The van der Waals surface area contributed by atoms with Gasteiger partial charge >= 0.3 is 0 Å². The van der Waals surface area contributed by atoms with Gasteiger partial charge in [-0.15, -0.1) is 0 Å². The largest absolute Gasteiger partial charge is 0.349 e. The molecule has 0 radical (unpaired) electrons. The monoisotopic (exact) mass is 304 g/mol. The summed E-state index contributed by atoms with van der Waals surface area (Å²) in [5.74, 6) is 0. The molecule has 5 heteroatoms. The number of rotatable bonds is 3. The highest BCUT2D eigenvalue weighted by molar-refractivity contribution is 5.62. The van der Waals surface area contributed by atoms with Crippen LogP contribution in [-0.4, -0.2) is 9.36 Å². The summed E-state index contributed by atoms with van der Waals surface area (Å²) in [6.45, 7) is 1.90. The third-order valence-corrected chi connectivity index (χ3v) is 3.84. The van der Waals surface area contributed by atoms with E-state index in [1.165, 1.54) is 0 Å². The lowest BCUT2D eigenvalue weighted by atomic mass is 10.2. The first-order chi connectivity index (χ1) is 11.1. The van der Waals surface area contributed by atoms with Gasteiger partial charge in [-0.3, -0.25) is 9.48 Å². The molecular formula is C18H16N4O. The molecule has 3 rings (SSSR count). The Kier molecular flexibility index (Phi) is 3.73. The Hall–Kier alpha value is -3.26. The van der Waals surface area contributed by atoms with Crippen LogP contribution in [-0.2, 0) is 7.05 Å². The van der Waals surface area contributed by atoms with Crippen LogP contribution in [0.3, 0.4) is 0 Å². The number of hydrogen-bond donors (Lipinski definition) is 1. The first-order valence-corrected chi connectivity index (χ1v) is 7.23. The summed E-state index contributed by atoms with van der Waals surface area (Å²) in [5.41, 5.74) is 3.43. The van der Waals surface area contributed by atoms with Crippen LogP contribution in [0.1, 0.15) is 11.3 Å². The van der Waals surface area contributed by atoms with Gasteiger partial charge in [0, 0.05) is 12.7 Å². The van der Waals surface area contributed by atoms with Crippen molar-refractivity contribution in [1.29, 1.82) is 5.26 Å². The molecule has 0 aliphatic rings. The maximum Gasteiger partial charge on any atom is 0.295 e. The van der Waals surface area contributed by atoms with E-state index < -0.39 is 0 Å². The van der Waals surface area contributed by atoms with Crippen LogP contribution in [0.2, 0.25) is 0 Å². The molecule has 2 aromatic carbocycles. The van der Waals surface area contributed by atoms with E-state index in [1.54, 1.807) is 28.9 Å². The summed E-state index contributed by atoms with van der Waals surface area (Å²) in [5, 5.41) is 12.0. The minimum atomic E-state index is -0.111. The fourth-order valence-corrected chi connectivity index (χ4v) is 2.48. The molecule has 0 unspecified atom stereocenters. The molecule has 0 saturated carbocycles. The number of hydrogen-bond acceptors (Lipinski definition) is 3. The summed E-state index contributed by atoms with van der Waals surface area (Å²) >= 11 is 0. The second-order valence-electron chi connectivity index (χ2n) is 5.25. The quantitative estimate of drug-likeness (QED) is 0.808. The third kappa shape index (κ3) is 2.62. The summed E-state index contributed by atoms with van der Waals surface area (Å²) in [7, 11) is 1.85. The van der Waals surface area contributed by atoms with Crippen molar-refractivity contribution in [2.45, 2.75) is 6.92 Å². The molecule has 23 heavy (non-hydrogen) atoms. The van der Waals surface area contributed by atoms with E-state index in [9.17, 15) is 4.79 Å². The average molecular weight is 304 g/mol. The Morgan fingerprint density at radius 2 is 1.70 bits per heavy atom. The van der Waals surface area contributed by atoms with Gasteiger partial charge in [-0.25, -0.2) is 4.68 Å². The molecule has 3 aromatic rings. The normalized spacial score (nSPS) is 10.3. The van der Waals surface area contributed by atoms with E-state index in [2.05, 4.69) is 11.4 Å². The van der Waals surface area contributed by atoms with Crippen molar-refractivity contribution in [2.75, 3.05) is 5.32 Å². The zero-order valence-corrected chi connectivity index (χ0v) is 12.9. The van der Waals surface area contributed by atoms with Crippen LogP contribution in [0.4, 0.5) is 11.4 Å². The highest BCUT2D eigenvalue weighted by Crippen LogP contribution is 2.19. The van der Waals surface area contributed by atoms with Gasteiger partial charge in [-0.2, -0.15) is 5.26 Å². The minimum absolute atomic E-state index is 0.111. The van der Waals surface area contributed by atoms with E-state index in [0.29, 0.717) is 11.3 Å². The van der Waals surface area contributed by atoms with E-state index >= 15 is 0 Å². The Morgan fingerprint density at radius 3 is 2.30 bits per heavy atom. The van der Waals surface area contributed by atoms with Crippen LogP contribution in [0.15, 0.2) is 59.4 Å². The van der Waals surface area contributed by atoms with Crippen LogP contribution < -0.4 is 10.9 Å². The fraction of sp³-hybridized carbons (Fsp3) is 0.111. The number of nitrogens with zero attached hydrogens (tertiary/aromatic N) is 3. The second-order valence-corrected chi connectivity index (χ2v) is 5.25. The molecule has 0 spiro atoms. The van der Waals surface area contributed by atoms with Gasteiger partial charge in [-0.05, 0) is 43.3 Å². The molecule has 1 N–H and O–H groups in total. The molecule has 5 nitrogen and oxygen atoms in total. The summed E-state index contributed by atoms with van der Waals surface area (Å²) in [4.78, 5) is 12.8. The number of aromatic nitrogens is 2. The predicted molar refractivity (Wildman–Crippen MR) is 90.2 cm³/mol. The third-order valence-electron chi connectivity index (χ3n) is 3.84. The zero-order chi connectivity index (χ0) is 16.4. The molecule has 0 aliphatic heterocycles. The van der Waals surface area contributed by atoms with Crippen molar-refractivity contribution in [1.82, 2.24) is 9.36 Å². The number of nitriles is 1. The Balaban J connectivity index is 2.04. The Labute approximate surface area is 134 Å².